The second kappa shape index (κ2) is 5.89. The van der Waals surface area contributed by atoms with Crippen LogP contribution < -0.4 is 5.73 Å². The summed E-state index contributed by atoms with van der Waals surface area (Å²) in [6, 6.07) is 0.486. The van der Waals surface area contributed by atoms with E-state index in [0.29, 0.717) is 6.04 Å². The first-order valence-electron chi connectivity index (χ1n) is 8.00. The Hall–Kier alpha value is -0.120. The van der Waals surface area contributed by atoms with Crippen molar-refractivity contribution in [3.63, 3.8) is 0 Å². The van der Waals surface area contributed by atoms with Crippen molar-refractivity contribution in [1.82, 2.24) is 9.80 Å². The van der Waals surface area contributed by atoms with Gasteiger partial charge in [0.15, 0.2) is 0 Å². The molecule has 1 saturated heterocycles. The van der Waals surface area contributed by atoms with Gasteiger partial charge in [-0.1, -0.05) is 6.42 Å². The highest BCUT2D eigenvalue weighted by Crippen LogP contribution is 2.30. The molecule has 2 unspecified atom stereocenters. The summed E-state index contributed by atoms with van der Waals surface area (Å²) in [6.07, 6.45) is 8.26. The number of hydrogen-bond donors (Lipinski definition) is 1. The van der Waals surface area contributed by atoms with Gasteiger partial charge >= 0.3 is 0 Å². The Kier molecular flexibility index (Phi) is 4.22. The third kappa shape index (κ3) is 3.69. The lowest BCUT2D eigenvalue weighted by molar-refractivity contribution is 0.105. The SMILES string of the molecule is NC1CCCC(CN2CCN(CC3CC3)CC2)C1. The third-order valence-corrected chi connectivity index (χ3v) is 5.02. The van der Waals surface area contributed by atoms with Crippen molar-refractivity contribution in [2.24, 2.45) is 17.6 Å². The Labute approximate surface area is 112 Å². The van der Waals surface area contributed by atoms with Crippen LogP contribution in [0.15, 0.2) is 0 Å². The van der Waals surface area contributed by atoms with E-state index in [-0.39, 0.29) is 0 Å². The lowest BCUT2D eigenvalue weighted by Crippen LogP contribution is -2.48. The molecule has 3 rings (SSSR count). The van der Waals surface area contributed by atoms with E-state index in [2.05, 4.69) is 9.80 Å². The van der Waals surface area contributed by atoms with Gasteiger partial charge in [0.05, 0.1) is 0 Å². The monoisotopic (exact) mass is 251 g/mol. The largest absolute Gasteiger partial charge is 0.328 e. The molecule has 0 aromatic carbocycles. The predicted molar refractivity (Wildman–Crippen MR) is 75.5 cm³/mol. The second-order valence-electron chi connectivity index (χ2n) is 6.84. The molecule has 1 aliphatic heterocycles. The van der Waals surface area contributed by atoms with Gasteiger partial charge in [-0.25, -0.2) is 0 Å². The van der Waals surface area contributed by atoms with E-state index in [4.69, 9.17) is 5.73 Å². The molecule has 2 N–H and O–H groups in total. The Morgan fingerprint density at radius 3 is 1.94 bits per heavy atom. The van der Waals surface area contributed by atoms with Crippen molar-refractivity contribution in [2.45, 2.75) is 44.6 Å². The molecule has 3 heteroatoms. The summed E-state index contributed by atoms with van der Waals surface area (Å²) >= 11 is 0. The summed E-state index contributed by atoms with van der Waals surface area (Å²) in [6.45, 7) is 7.87. The molecule has 0 aromatic heterocycles. The fourth-order valence-electron chi connectivity index (χ4n) is 3.68. The maximum Gasteiger partial charge on any atom is 0.0110 e. The van der Waals surface area contributed by atoms with Crippen molar-refractivity contribution in [3.05, 3.63) is 0 Å². The Bertz CT molecular complexity index is 256. The van der Waals surface area contributed by atoms with Crippen LogP contribution >= 0.6 is 0 Å². The van der Waals surface area contributed by atoms with Gasteiger partial charge in [-0.2, -0.15) is 0 Å². The molecule has 104 valence electrons. The van der Waals surface area contributed by atoms with Gasteiger partial charge in [0.2, 0.25) is 0 Å². The molecule has 3 nitrogen and oxygen atoms in total. The van der Waals surface area contributed by atoms with Gasteiger partial charge < -0.3 is 15.5 Å². The summed E-state index contributed by atoms with van der Waals surface area (Å²) in [5, 5.41) is 0. The number of rotatable bonds is 4. The number of hydrogen-bond acceptors (Lipinski definition) is 3. The molecular weight excluding hydrogens is 222 g/mol. The average Bonchev–Trinajstić information content (AvgIpc) is 3.16. The summed E-state index contributed by atoms with van der Waals surface area (Å²) in [5.74, 6) is 1.93. The first kappa shape index (κ1) is 12.9. The van der Waals surface area contributed by atoms with Crippen LogP contribution in [-0.4, -0.2) is 55.1 Å². The molecule has 0 bridgehead atoms. The van der Waals surface area contributed by atoms with E-state index in [0.717, 1.165) is 11.8 Å². The molecule has 18 heavy (non-hydrogen) atoms. The minimum absolute atomic E-state index is 0.486. The minimum Gasteiger partial charge on any atom is -0.328 e. The molecule has 0 amide bonds. The topological polar surface area (TPSA) is 32.5 Å². The smallest absolute Gasteiger partial charge is 0.0110 e. The van der Waals surface area contributed by atoms with E-state index in [9.17, 15) is 0 Å². The van der Waals surface area contributed by atoms with Crippen LogP contribution in [0.3, 0.4) is 0 Å². The van der Waals surface area contributed by atoms with Crippen LogP contribution in [-0.2, 0) is 0 Å². The maximum atomic E-state index is 6.09. The minimum atomic E-state index is 0.486. The molecule has 2 saturated carbocycles. The van der Waals surface area contributed by atoms with Gasteiger partial charge in [0.1, 0.15) is 0 Å². The predicted octanol–water partition coefficient (Wildman–Crippen LogP) is 1.53. The zero-order valence-corrected chi connectivity index (χ0v) is 11.7. The molecule has 0 aromatic rings. The van der Waals surface area contributed by atoms with Gasteiger partial charge in [-0.3, -0.25) is 0 Å². The quantitative estimate of drug-likeness (QED) is 0.822. The van der Waals surface area contributed by atoms with Gasteiger partial charge in [-0.15, -0.1) is 0 Å². The van der Waals surface area contributed by atoms with Gasteiger partial charge in [0, 0.05) is 45.3 Å². The van der Waals surface area contributed by atoms with Gasteiger partial charge in [-0.05, 0) is 43.9 Å². The van der Waals surface area contributed by atoms with Crippen LogP contribution in [0.1, 0.15) is 38.5 Å². The zero-order valence-electron chi connectivity index (χ0n) is 11.7. The van der Waals surface area contributed by atoms with E-state index in [1.165, 1.54) is 77.8 Å². The summed E-state index contributed by atoms with van der Waals surface area (Å²) in [4.78, 5) is 5.37. The highest BCUT2D eigenvalue weighted by Gasteiger charge is 2.27. The zero-order chi connectivity index (χ0) is 12.4. The van der Waals surface area contributed by atoms with Crippen LogP contribution in [0.2, 0.25) is 0 Å². The standard InChI is InChI=1S/C15H29N3/c16-15-3-1-2-14(10-15)12-18-8-6-17(7-9-18)11-13-4-5-13/h13-15H,1-12,16H2. The van der Waals surface area contributed by atoms with Crippen molar-refractivity contribution < 1.29 is 0 Å². The molecule has 2 aliphatic carbocycles. The molecular formula is C15H29N3. The van der Waals surface area contributed by atoms with Crippen molar-refractivity contribution >= 4 is 0 Å². The highest BCUT2D eigenvalue weighted by atomic mass is 15.3. The number of nitrogens with two attached hydrogens (primary N) is 1. The van der Waals surface area contributed by atoms with E-state index in [1.54, 1.807) is 0 Å². The van der Waals surface area contributed by atoms with E-state index in [1.807, 2.05) is 0 Å². The second-order valence-corrected chi connectivity index (χ2v) is 6.84. The van der Waals surface area contributed by atoms with Crippen LogP contribution in [0.5, 0.6) is 0 Å². The number of nitrogens with zero attached hydrogens (tertiary/aromatic N) is 2. The fourth-order valence-corrected chi connectivity index (χ4v) is 3.68. The van der Waals surface area contributed by atoms with Gasteiger partial charge in [0.25, 0.3) is 0 Å². The van der Waals surface area contributed by atoms with Crippen LogP contribution in [0, 0.1) is 11.8 Å². The lowest BCUT2D eigenvalue weighted by Gasteiger charge is -2.38. The Morgan fingerprint density at radius 1 is 0.778 bits per heavy atom. The fraction of sp³-hybridized carbons (Fsp3) is 1.00. The summed E-state index contributed by atoms with van der Waals surface area (Å²) in [7, 11) is 0. The number of piperazine rings is 1. The van der Waals surface area contributed by atoms with E-state index < -0.39 is 0 Å². The first-order chi connectivity index (χ1) is 8.79. The Balaban J connectivity index is 1.36. The molecule has 3 fully saturated rings. The Morgan fingerprint density at radius 2 is 1.39 bits per heavy atom. The molecule has 0 radical (unpaired) electrons. The van der Waals surface area contributed by atoms with Crippen molar-refractivity contribution in [2.75, 3.05) is 39.3 Å². The molecule has 0 spiro atoms. The van der Waals surface area contributed by atoms with E-state index >= 15 is 0 Å². The highest BCUT2D eigenvalue weighted by molar-refractivity contribution is 4.83. The summed E-state index contributed by atoms with van der Waals surface area (Å²) < 4.78 is 0. The summed E-state index contributed by atoms with van der Waals surface area (Å²) in [5.41, 5.74) is 6.09. The molecule has 2 atom stereocenters. The third-order valence-electron chi connectivity index (χ3n) is 5.02. The average molecular weight is 251 g/mol. The maximum absolute atomic E-state index is 6.09. The van der Waals surface area contributed by atoms with Crippen molar-refractivity contribution in [3.8, 4) is 0 Å². The van der Waals surface area contributed by atoms with Crippen molar-refractivity contribution in [1.29, 1.82) is 0 Å². The van der Waals surface area contributed by atoms with Crippen LogP contribution in [0.4, 0.5) is 0 Å². The normalized spacial score (nSPS) is 35.8. The molecule has 3 aliphatic rings. The van der Waals surface area contributed by atoms with Crippen LogP contribution in [0.25, 0.3) is 0 Å². The first-order valence-corrected chi connectivity index (χ1v) is 8.00. The lowest BCUT2D eigenvalue weighted by atomic mass is 9.86. The molecule has 1 heterocycles.